The van der Waals surface area contributed by atoms with Gasteiger partial charge in [0, 0.05) is 10.4 Å². The van der Waals surface area contributed by atoms with Crippen LogP contribution in [0.4, 0.5) is 0 Å². The van der Waals surface area contributed by atoms with Gasteiger partial charge >= 0.3 is 0 Å². The Kier molecular flexibility index (Phi) is 1.74. The number of carbonyl (C=O) groups is 1. The third kappa shape index (κ3) is 1.27. The van der Waals surface area contributed by atoms with Gasteiger partial charge in [-0.2, -0.15) is 0 Å². The molecule has 0 spiro atoms. The second kappa shape index (κ2) is 2.78. The quantitative estimate of drug-likeness (QED) is 0.758. The average Bonchev–Trinajstić information content (AvgIpc) is 2.46. The van der Waals surface area contributed by atoms with Gasteiger partial charge in [-0.05, 0) is 18.2 Å². The molecule has 66 valence electrons. The monoisotopic (exact) mass is 195 g/mol. The molecular weight excluding hydrogens is 190 g/mol. The van der Waals surface area contributed by atoms with Crippen molar-refractivity contribution in [2.24, 2.45) is 5.73 Å². The van der Waals surface area contributed by atoms with Gasteiger partial charge < -0.3 is 10.2 Å². The third-order valence-corrected chi connectivity index (χ3v) is 2.04. The minimum absolute atomic E-state index is 0.359. The molecule has 3 nitrogen and oxygen atoms in total. The molecule has 0 aliphatic rings. The molecule has 13 heavy (non-hydrogen) atoms. The standard InChI is InChI=1S/C9H6ClNO2/c10-5-1-2-8-6(3-5)7(4-13-8)9(11)12/h1-4H,(H2,11,12). The number of hydrogen-bond acceptors (Lipinski definition) is 2. The lowest BCUT2D eigenvalue weighted by Crippen LogP contribution is -2.09. The van der Waals surface area contributed by atoms with Crippen LogP contribution in [-0.2, 0) is 0 Å². The van der Waals surface area contributed by atoms with Crippen molar-refractivity contribution in [3.05, 3.63) is 35.0 Å². The van der Waals surface area contributed by atoms with Gasteiger partial charge in [-0.25, -0.2) is 0 Å². The normalized spacial score (nSPS) is 10.5. The fourth-order valence-corrected chi connectivity index (χ4v) is 1.36. The van der Waals surface area contributed by atoms with Crippen LogP contribution >= 0.6 is 11.6 Å². The third-order valence-electron chi connectivity index (χ3n) is 1.80. The van der Waals surface area contributed by atoms with E-state index in [-0.39, 0.29) is 0 Å². The number of carbonyl (C=O) groups excluding carboxylic acids is 1. The molecule has 2 N–H and O–H groups in total. The van der Waals surface area contributed by atoms with Crippen molar-refractivity contribution < 1.29 is 9.21 Å². The van der Waals surface area contributed by atoms with Gasteiger partial charge in [-0.15, -0.1) is 0 Å². The van der Waals surface area contributed by atoms with Crippen molar-refractivity contribution in [3.63, 3.8) is 0 Å². The highest BCUT2D eigenvalue weighted by Crippen LogP contribution is 2.24. The van der Waals surface area contributed by atoms with Crippen molar-refractivity contribution in [1.82, 2.24) is 0 Å². The van der Waals surface area contributed by atoms with Crippen LogP contribution in [0.5, 0.6) is 0 Å². The molecule has 0 saturated carbocycles. The number of furan rings is 1. The first-order valence-corrected chi connectivity index (χ1v) is 4.03. The van der Waals surface area contributed by atoms with E-state index in [1.54, 1.807) is 18.2 Å². The lowest BCUT2D eigenvalue weighted by atomic mass is 10.2. The topological polar surface area (TPSA) is 56.2 Å². The maximum atomic E-state index is 10.9. The molecular formula is C9H6ClNO2. The van der Waals surface area contributed by atoms with Crippen LogP contribution in [0.3, 0.4) is 0 Å². The highest BCUT2D eigenvalue weighted by atomic mass is 35.5. The number of amides is 1. The van der Waals surface area contributed by atoms with Crippen LogP contribution in [-0.4, -0.2) is 5.91 Å². The van der Waals surface area contributed by atoms with E-state index in [2.05, 4.69) is 0 Å². The second-order valence-electron chi connectivity index (χ2n) is 2.65. The summed E-state index contributed by atoms with van der Waals surface area (Å²) in [5.74, 6) is -0.513. The Bertz CT molecular complexity index is 475. The summed E-state index contributed by atoms with van der Waals surface area (Å²) in [6.07, 6.45) is 1.34. The summed E-state index contributed by atoms with van der Waals surface area (Å²) in [5, 5.41) is 1.21. The predicted molar refractivity (Wildman–Crippen MR) is 49.7 cm³/mol. The molecule has 0 aliphatic carbocycles. The first-order chi connectivity index (χ1) is 6.18. The number of fused-ring (bicyclic) bond motifs is 1. The van der Waals surface area contributed by atoms with E-state index in [1.807, 2.05) is 0 Å². The average molecular weight is 196 g/mol. The van der Waals surface area contributed by atoms with Crippen LogP contribution in [0, 0.1) is 0 Å². The lowest BCUT2D eigenvalue weighted by Gasteiger charge is -1.91. The number of nitrogens with two attached hydrogens (primary N) is 1. The van der Waals surface area contributed by atoms with Gasteiger partial charge in [0.1, 0.15) is 11.8 Å². The van der Waals surface area contributed by atoms with E-state index < -0.39 is 5.91 Å². The summed E-state index contributed by atoms with van der Waals surface area (Å²) in [6.45, 7) is 0. The van der Waals surface area contributed by atoms with E-state index in [4.69, 9.17) is 21.8 Å². The van der Waals surface area contributed by atoms with Crippen LogP contribution in [0.2, 0.25) is 5.02 Å². The van der Waals surface area contributed by atoms with E-state index in [1.165, 1.54) is 6.26 Å². The van der Waals surface area contributed by atoms with Gasteiger partial charge in [0.05, 0.1) is 5.56 Å². The van der Waals surface area contributed by atoms with E-state index in [0.717, 1.165) is 0 Å². The molecule has 0 atom stereocenters. The van der Waals surface area contributed by atoms with E-state index in [0.29, 0.717) is 21.6 Å². The first-order valence-electron chi connectivity index (χ1n) is 3.65. The summed E-state index contributed by atoms with van der Waals surface area (Å²) in [5.41, 5.74) is 6.10. The summed E-state index contributed by atoms with van der Waals surface area (Å²) < 4.78 is 5.11. The molecule has 1 aromatic carbocycles. The van der Waals surface area contributed by atoms with Crippen LogP contribution < -0.4 is 5.73 Å². The molecule has 0 saturated heterocycles. The first kappa shape index (κ1) is 8.13. The minimum Gasteiger partial charge on any atom is -0.463 e. The fraction of sp³-hybridized carbons (Fsp3) is 0. The Labute approximate surface area is 79.1 Å². The molecule has 4 heteroatoms. The molecule has 2 rings (SSSR count). The largest absolute Gasteiger partial charge is 0.463 e. The van der Waals surface area contributed by atoms with Crippen LogP contribution in [0.15, 0.2) is 28.9 Å². The Morgan fingerprint density at radius 1 is 1.46 bits per heavy atom. The van der Waals surface area contributed by atoms with Gasteiger partial charge in [-0.3, -0.25) is 4.79 Å². The highest BCUT2D eigenvalue weighted by Gasteiger charge is 2.10. The fourth-order valence-electron chi connectivity index (χ4n) is 1.19. The zero-order valence-electron chi connectivity index (χ0n) is 6.58. The molecule has 1 heterocycles. The molecule has 1 aromatic heterocycles. The summed E-state index contributed by atoms with van der Waals surface area (Å²) in [6, 6.07) is 5.04. The maximum Gasteiger partial charge on any atom is 0.252 e. The number of halogens is 1. The molecule has 0 bridgehead atoms. The van der Waals surface area contributed by atoms with E-state index >= 15 is 0 Å². The van der Waals surface area contributed by atoms with Crippen molar-refractivity contribution in [1.29, 1.82) is 0 Å². The molecule has 0 fully saturated rings. The number of primary amides is 1. The molecule has 0 unspecified atom stereocenters. The Morgan fingerprint density at radius 3 is 2.92 bits per heavy atom. The lowest BCUT2D eigenvalue weighted by molar-refractivity contribution is 0.100. The van der Waals surface area contributed by atoms with Crippen molar-refractivity contribution in [3.8, 4) is 0 Å². The molecule has 2 aromatic rings. The second-order valence-corrected chi connectivity index (χ2v) is 3.09. The van der Waals surface area contributed by atoms with Gasteiger partial charge in [-0.1, -0.05) is 11.6 Å². The van der Waals surface area contributed by atoms with Gasteiger partial charge in [0.2, 0.25) is 0 Å². The zero-order valence-corrected chi connectivity index (χ0v) is 7.34. The SMILES string of the molecule is NC(=O)c1coc2ccc(Cl)cc12. The summed E-state index contributed by atoms with van der Waals surface area (Å²) >= 11 is 5.76. The van der Waals surface area contributed by atoms with Crippen molar-refractivity contribution in [2.75, 3.05) is 0 Å². The summed E-state index contributed by atoms with van der Waals surface area (Å²) in [7, 11) is 0. The Morgan fingerprint density at radius 2 is 2.23 bits per heavy atom. The summed E-state index contributed by atoms with van der Waals surface area (Å²) in [4.78, 5) is 10.9. The van der Waals surface area contributed by atoms with E-state index in [9.17, 15) is 4.79 Å². The van der Waals surface area contributed by atoms with Crippen molar-refractivity contribution in [2.45, 2.75) is 0 Å². The number of rotatable bonds is 1. The van der Waals surface area contributed by atoms with Gasteiger partial charge in [0.15, 0.2) is 0 Å². The van der Waals surface area contributed by atoms with Crippen LogP contribution in [0.1, 0.15) is 10.4 Å². The van der Waals surface area contributed by atoms with Crippen LogP contribution in [0.25, 0.3) is 11.0 Å². The van der Waals surface area contributed by atoms with Gasteiger partial charge in [0.25, 0.3) is 5.91 Å². The molecule has 0 aliphatic heterocycles. The highest BCUT2D eigenvalue weighted by molar-refractivity contribution is 6.31. The maximum absolute atomic E-state index is 10.9. The minimum atomic E-state index is -0.513. The Balaban J connectivity index is 2.79. The Hall–Kier alpha value is -1.48. The molecule has 1 amide bonds. The zero-order chi connectivity index (χ0) is 9.42. The predicted octanol–water partition coefficient (Wildman–Crippen LogP) is 2.19. The number of hydrogen-bond donors (Lipinski definition) is 1. The van der Waals surface area contributed by atoms with Crippen molar-refractivity contribution >= 4 is 28.5 Å². The molecule has 0 radical (unpaired) electrons. The number of benzene rings is 1. The smallest absolute Gasteiger partial charge is 0.252 e.